The molecule has 1 atom stereocenters. The summed E-state index contributed by atoms with van der Waals surface area (Å²) in [5.74, 6) is 0.982. The summed E-state index contributed by atoms with van der Waals surface area (Å²) >= 11 is 3.52. The topological polar surface area (TPSA) is 35.2 Å². The molecule has 0 saturated heterocycles. The van der Waals surface area contributed by atoms with Gasteiger partial charge in [-0.25, -0.2) is 0 Å². The molecular weight excluding hydrogens is 302 g/mol. The Morgan fingerprint density at radius 2 is 2.11 bits per heavy atom. The first-order valence-electron chi connectivity index (χ1n) is 6.43. The first-order valence-corrected chi connectivity index (χ1v) is 7.22. The molecule has 1 aliphatic heterocycles. The van der Waals surface area contributed by atoms with Crippen LogP contribution < -0.4 is 10.5 Å². The Morgan fingerprint density at radius 3 is 2.89 bits per heavy atom. The number of benzene rings is 2. The highest BCUT2D eigenvalue weighted by atomic mass is 79.9. The lowest BCUT2D eigenvalue weighted by molar-refractivity contribution is 0.352. The predicted molar refractivity (Wildman–Crippen MR) is 80.6 cm³/mol. The summed E-state index contributed by atoms with van der Waals surface area (Å²) in [4.78, 5) is 0. The van der Waals surface area contributed by atoms with Crippen LogP contribution in [0, 0.1) is 6.92 Å². The van der Waals surface area contributed by atoms with Gasteiger partial charge in [0.25, 0.3) is 0 Å². The zero-order valence-corrected chi connectivity index (χ0v) is 12.4. The second-order valence-corrected chi connectivity index (χ2v) is 5.77. The first kappa shape index (κ1) is 12.7. The van der Waals surface area contributed by atoms with Gasteiger partial charge in [0.15, 0.2) is 0 Å². The smallest absolute Gasteiger partial charge is 0.127 e. The normalized spacial score (nSPS) is 14.9. The van der Waals surface area contributed by atoms with E-state index in [0.29, 0.717) is 0 Å². The summed E-state index contributed by atoms with van der Waals surface area (Å²) < 4.78 is 6.85. The number of aryl methyl sites for hydroxylation is 1. The number of nitrogens with two attached hydrogens (primary N) is 1. The van der Waals surface area contributed by atoms with Crippen LogP contribution in [-0.4, -0.2) is 6.61 Å². The van der Waals surface area contributed by atoms with Gasteiger partial charge < -0.3 is 10.5 Å². The number of hydrogen-bond acceptors (Lipinski definition) is 2. The summed E-state index contributed by atoms with van der Waals surface area (Å²) in [6.07, 6.45) is 0.981. The van der Waals surface area contributed by atoms with Gasteiger partial charge >= 0.3 is 0 Å². The van der Waals surface area contributed by atoms with Crippen LogP contribution in [-0.2, 0) is 6.42 Å². The monoisotopic (exact) mass is 317 g/mol. The molecule has 0 radical (unpaired) electrons. The average Bonchev–Trinajstić information content (AvgIpc) is 2.89. The van der Waals surface area contributed by atoms with E-state index in [4.69, 9.17) is 10.5 Å². The highest BCUT2D eigenvalue weighted by Gasteiger charge is 2.21. The molecule has 0 saturated carbocycles. The fourth-order valence-electron chi connectivity index (χ4n) is 2.53. The van der Waals surface area contributed by atoms with Gasteiger partial charge in [0, 0.05) is 16.5 Å². The molecule has 98 valence electrons. The largest absolute Gasteiger partial charge is 0.493 e. The van der Waals surface area contributed by atoms with Crippen molar-refractivity contribution in [2.75, 3.05) is 6.61 Å². The van der Waals surface area contributed by atoms with Crippen LogP contribution >= 0.6 is 15.9 Å². The van der Waals surface area contributed by atoms with Crippen molar-refractivity contribution < 1.29 is 4.74 Å². The van der Waals surface area contributed by atoms with Gasteiger partial charge in [-0.15, -0.1) is 0 Å². The van der Waals surface area contributed by atoms with Crippen molar-refractivity contribution in [1.82, 2.24) is 0 Å². The van der Waals surface area contributed by atoms with Crippen LogP contribution in [0.2, 0.25) is 0 Å². The average molecular weight is 318 g/mol. The lowest BCUT2D eigenvalue weighted by atomic mass is 9.96. The van der Waals surface area contributed by atoms with Crippen LogP contribution in [0.5, 0.6) is 5.75 Å². The molecule has 2 N–H and O–H groups in total. The Morgan fingerprint density at radius 1 is 1.26 bits per heavy atom. The third kappa shape index (κ3) is 2.28. The van der Waals surface area contributed by atoms with Crippen molar-refractivity contribution in [2.24, 2.45) is 5.73 Å². The molecule has 19 heavy (non-hydrogen) atoms. The molecule has 0 bridgehead atoms. The lowest BCUT2D eigenvalue weighted by Crippen LogP contribution is -2.13. The first-order chi connectivity index (χ1) is 9.16. The maximum atomic E-state index is 6.41. The van der Waals surface area contributed by atoms with E-state index in [0.717, 1.165) is 34.4 Å². The van der Waals surface area contributed by atoms with Gasteiger partial charge in [-0.05, 0) is 29.7 Å². The minimum atomic E-state index is -0.139. The number of para-hydroxylation sites is 1. The molecule has 0 amide bonds. The third-order valence-electron chi connectivity index (χ3n) is 3.62. The Kier molecular flexibility index (Phi) is 3.33. The molecular formula is C16H16BrNO. The second kappa shape index (κ2) is 4.99. The Hall–Kier alpha value is -1.32. The Bertz CT molecular complexity index is 624. The van der Waals surface area contributed by atoms with Gasteiger partial charge in [-0.1, -0.05) is 46.3 Å². The van der Waals surface area contributed by atoms with Gasteiger partial charge in [-0.3, -0.25) is 0 Å². The summed E-state index contributed by atoms with van der Waals surface area (Å²) in [5.41, 5.74) is 11.1. The van der Waals surface area contributed by atoms with E-state index in [-0.39, 0.29) is 6.04 Å². The van der Waals surface area contributed by atoms with Crippen molar-refractivity contribution in [3.05, 3.63) is 63.1 Å². The molecule has 1 unspecified atom stereocenters. The molecule has 2 nitrogen and oxygen atoms in total. The van der Waals surface area contributed by atoms with Crippen molar-refractivity contribution in [3.63, 3.8) is 0 Å². The van der Waals surface area contributed by atoms with E-state index in [1.54, 1.807) is 0 Å². The zero-order chi connectivity index (χ0) is 13.4. The third-order valence-corrected chi connectivity index (χ3v) is 4.51. The molecule has 2 aromatic carbocycles. The SMILES string of the molecule is Cc1cc(C(N)c2cccc3c2OCC3)ccc1Br. The number of hydrogen-bond donors (Lipinski definition) is 1. The van der Waals surface area contributed by atoms with Gasteiger partial charge in [0.2, 0.25) is 0 Å². The molecule has 3 heteroatoms. The van der Waals surface area contributed by atoms with Crippen LogP contribution in [0.25, 0.3) is 0 Å². The van der Waals surface area contributed by atoms with E-state index in [1.807, 2.05) is 0 Å². The van der Waals surface area contributed by atoms with E-state index >= 15 is 0 Å². The van der Waals surface area contributed by atoms with Gasteiger partial charge in [-0.2, -0.15) is 0 Å². The minimum absolute atomic E-state index is 0.139. The van der Waals surface area contributed by atoms with Crippen LogP contribution in [0.1, 0.15) is 28.3 Å². The summed E-state index contributed by atoms with van der Waals surface area (Å²) in [6.45, 7) is 2.84. The van der Waals surface area contributed by atoms with Crippen molar-refractivity contribution >= 4 is 15.9 Å². The van der Waals surface area contributed by atoms with E-state index in [2.05, 4.69) is 59.3 Å². The Balaban J connectivity index is 2.02. The summed E-state index contributed by atoms with van der Waals surface area (Å²) in [6, 6.07) is 12.3. The summed E-state index contributed by atoms with van der Waals surface area (Å²) in [5, 5.41) is 0. The fourth-order valence-corrected chi connectivity index (χ4v) is 2.77. The quantitative estimate of drug-likeness (QED) is 0.915. The molecule has 1 aliphatic rings. The van der Waals surface area contributed by atoms with Crippen molar-refractivity contribution in [2.45, 2.75) is 19.4 Å². The van der Waals surface area contributed by atoms with E-state index < -0.39 is 0 Å². The van der Waals surface area contributed by atoms with E-state index in [1.165, 1.54) is 11.1 Å². The number of halogens is 1. The maximum absolute atomic E-state index is 6.41. The molecule has 0 fully saturated rings. The molecule has 0 spiro atoms. The predicted octanol–water partition coefficient (Wildman–Crippen LogP) is 3.74. The second-order valence-electron chi connectivity index (χ2n) is 4.92. The van der Waals surface area contributed by atoms with Crippen molar-refractivity contribution in [3.8, 4) is 5.75 Å². The fraction of sp³-hybridized carbons (Fsp3) is 0.250. The highest BCUT2D eigenvalue weighted by molar-refractivity contribution is 9.10. The zero-order valence-electron chi connectivity index (χ0n) is 10.8. The van der Waals surface area contributed by atoms with Crippen molar-refractivity contribution in [1.29, 1.82) is 0 Å². The van der Waals surface area contributed by atoms with E-state index in [9.17, 15) is 0 Å². The lowest BCUT2D eigenvalue weighted by Gasteiger charge is -2.16. The minimum Gasteiger partial charge on any atom is -0.493 e. The molecule has 3 rings (SSSR count). The van der Waals surface area contributed by atoms with Crippen LogP contribution in [0.4, 0.5) is 0 Å². The number of rotatable bonds is 2. The van der Waals surface area contributed by atoms with Gasteiger partial charge in [0.1, 0.15) is 5.75 Å². The Labute approximate surface area is 121 Å². The number of ether oxygens (including phenoxy) is 1. The van der Waals surface area contributed by atoms with Crippen LogP contribution in [0.3, 0.4) is 0 Å². The maximum Gasteiger partial charge on any atom is 0.127 e. The van der Waals surface area contributed by atoms with Gasteiger partial charge in [0.05, 0.1) is 12.6 Å². The number of fused-ring (bicyclic) bond motifs is 1. The standard InChI is InChI=1S/C16H16BrNO/c1-10-9-12(5-6-14(10)17)15(18)13-4-2-3-11-7-8-19-16(11)13/h2-6,9,15H,7-8,18H2,1H3. The van der Waals surface area contributed by atoms with Crippen LogP contribution in [0.15, 0.2) is 40.9 Å². The molecule has 0 aromatic heterocycles. The molecule has 2 aromatic rings. The summed E-state index contributed by atoms with van der Waals surface area (Å²) in [7, 11) is 0. The molecule has 0 aliphatic carbocycles. The highest BCUT2D eigenvalue weighted by Crippen LogP contribution is 2.35. The molecule has 1 heterocycles.